The van der Waals surface area contributed by atoms with Gasteiger partial charge in [0.15, 0.2) is 0 Å². The minimum absolute atomic E-state index is 0.255. The Balaban J connectivity index is 1.98. The molecule has 2 rings (SSSR count). The summed E-state index contributed by atoms with van der Waals surface area (Å²) in [5, 5.41) is 0.255. The van der Waals surface area contributed by atoms with Crippen LogP contribution in [0.3, 0.4) is 0 Å². The van der Waals surface area contributed by atoms with E-state index in [1.807, 2.05) is 11.8 Å². The Morgan fingerprint density at radius 1 is 1.40 bits per heavy atom. The van der Waals surface area contributed by atoms with Gasteiger partial charge < -0.3 is 4.90 Å². The van der Waals surface area contributed by atoms with E-state index in [1.165, 1.54) is 12.8 Å². The number of piperidine rings is 1. The van der Waals surface area contributed by atoms with Crippen molar-refractivity contribution in [1.29, 1.82) is 0 Å². The molecular formula is C11H18BrNOS. The van der Waals surface area contributed by atoms with Crippen LogP contribution in [-0.2, 0) is 4.79 Å². The molecule has 2 heterocycles. The molecule has 1 amide bonds. The number of carbonyl (C=O) groups is 1. The summed E-state index contributed by atoms with van der Waals surface area (Å²) in [4.78, 5) is 14.8. The lowest BCUT2D eigenvalue weighted by atomic mass is 10.0. The molecule has 2 fully saturated rings. The van der Waals surface area contributed by atoms with Crippen molar-refractivity contribution in [3.63, 3.8) is 0 Å². The number of rotatable bonds is 1. The van der Waals surface area contributed by atoms with Crippen molar-refractivity contribution < 1.29 is 4.79 Å². The first-order valence-electron chi connectivity index (χ1n) is 5.76. The zero-order valence-electron chi connectivity index (χ0n) is 9.12. The van der Waals surface area contributed by atoms with Gasteiger partial charge in [-0.2, -0.15) is 0 Å². The van der Waals surface area contributed by atoms with E-state index in [0.29, 0.717) is 16.8 Å². The van der Waals surface area contributed by atoms with Crippen LogP contribution in [0.15, 0.2) is 0 Å². The molecule has 0 aliphatic carbocycles. The summed E-state index contributed by atoms with van der Waals surface area (Å²) >= 11 is 5.51. The first kappa shape index (κ1) is 11.8. The number of hydrogen-bond acceptors (Lipinski definition) is 2. The second-order valence-corrected chi connectivity index (χ2v) is 6.92. The van der Waals surface area contributed by atoms with Crippen LogP contribution in [0.25, 0.3) is 0 Å². The standard InChI is InChI=1S/C11H18BrNOS/c1-8-9(12)4-2-6-13(8)11(14)10-5-3-7-15-10/h8-10H,2-7H2,1H3. The third-order valence-electron chi connectivity index (χ3n) is 3.38. The molecule has 0 aromatic carbocycles. The molecule has 0 radical (unpaired) electrons. The van der Waals surface area contributed by atoms with Crippen molar-refractivity contribution >= 4 is 33.6 Å². The highest BCUT2D eigenvalue weighted by molar-refractivity contribution is 9.09. The Labute approximate surface area is 104 Å². The average Bonchev–Trinajstić information content (AvgIpc) is 2.74. The van der Waals surface area contributed by atoms with E-state index < -0.39 is 0 Å². The molecule has 0 aromatic rings. The first-order valence-corrected chi connectivity index (χ1v) is 7.73. The Morgan fingerprint density at radius 2 is 2.20 bits per heavy atom. The normalized spacial score (nSPS) is 36.9. The predicted octanol–water partition coefficient (Wildman–Crippen LogP) is 2.66. The second-order valence-electron chi connectivity index (χ2n) is 4.43. The van der Waals surface area contributed by atoms with Crippen LogP contribution in [0.1, 0.15) is 32.6 Å². The molecule has 15 heavy (non-hydrogen) atoms. The van der Waals surface area contributed by atoms with E-state index >= 15 is 0 Å². The molecule has 0 N–H and O–H groups in total. The molecule has 4 heteroatoms. The third-order valence-corrected chi connectivity index (χ3v) is 5.97. The van der Waals surface area contributed by atoms with Crippen molar-refractivity contribution in [2.45, 2.75) is 48.7 Å². The summed E-state index contributed by atoms with van der Waals surface area (Å²) in [7, 11) is 0. The minimum atomic E-state index is 0.255. The summed E-state index contributed by atoms with van der Waals surface area (Å²) in [6, 6.07) is 0.368. The number of thioether (sulfide) groups is 1. The molecule has 0 spiro atoms. The summed E-state index contributed by atoms with van der Waals surface area (Å²) in [6.07, 6.45) is 4.63. The Kier molecular flexibility index (Phi) is 3.99. The van der Waals surface area contributed by atoms with Gasteiger partial charge in [-0.3, -0.25) is 4.79 Å². The van der Waals surface area contributed by atoms with Crippen LogP contribution in [0.4, 0.5) is 0 Å². The average molecular weight is 292 g/mol. The van der Waals surface area contributed by atoms with Crippen LogP contribution in [0.2, 0.25) is 0 Å². The number of hydrogen-bond donors (Lipinski definition) is 0. The van der Waals surface area contributed by atoms with Gasteiger partial charge in [0.25, 0.3) is 0 Å². The lowest BCUT2D eigenvalue weighted by Gasteiger charge is -2.38. The van der Waals surface area contributed by atoms with E-state index in [4.69, 9.17) is 0 Å². The topological polar surface area (TPSA) is 20.3 Å². The van der Waals surface area contributed by atoms with Gasteiger partial charge in [-0.15, -0.1) is 11.8 Å². The number of carbonyl (C=O) groups excluding carboxylic acids is 1. The van der Waals surface area contributed by atoms with Gasteiger partial charge in [0, 0.05) is 17.4 Å². The van der Waals surface area contributed by atoms with Gasteiger partial charge in [0.2, 0.25) is 5.91 Å². The Morgan fingerprint density at radius 3 is 2.87 bits per heavy atom. The van der Waals surface area contributed by atoms with Gasteiger partial charge in [-0.1, -0.05) is 15.9 Å². The minimum Gasteiger partial charge on any atom is -0.338 e. The SMILES string of the molecule is CC1C(Br)CCCN1C(=O)C1CCCS1. The molecule has 2 aliphatic heterocycles. The lowest BCUT2D eigenvalue weighted by molar-refractivity contribution is -0.133. The summed E-state index contributed by atoms with van der Waals surface area (Å²) in [6.45, 7) is 3.12. The zero-order valence-corrected chi connectivity index (χ0v) is 11.5. The molecule has 3 unspecified atom stereocenters. The van der Waals surface area contributed by atoms with E-state index in [-0.39, 0.29) is 5.25 Å². The molecule has 0 saturated carbocycles. The summed E-state index contributed by atoms with van der Waals surface area (Å²) in [5.41, 5.74) is 0. The fraction of sp³-hybridized carbons (Fsp3) is 0.909. The van der Waals surface area contributed by atoms with Gasteiger partial charge >= 0.3 is 0 Å². The molecule has 2 nitrogen and oxygen atoms in total. The predicted molar refractivity (Wildman–Crippen MR) is 68.6 cm³/mol. The van der Waals surface area contributed by atoms with Crippen molar-refractivity contribution in [1.82, 2.24) is 4.90 Å². The van der Waals surface area contributed by atoms with Crippen molar-refractivity contribution in [3.8, 4) is 0 Å². The van der Waals surface area contributed by atoms with Gasteiger partial charge in [-0.25, -0.2) is 0 Å². The second kappa shape index (κ2) is 5.09. The van der Waals surface area contributed by atoms with Crippen molar-refractivity contribution in [2.24, 2.45) is 0 Å². The van der Waals surface area contributed by atoms with Crippen molar-refractivity contribution in [2.75, 3.05) is 12.3 Å². The summed E-state index contributed by atoms with van der Waals surface area (Å²) in [5.74, 6) is 1.55. The first-order chi connectivity index (χ1) is 7.20. The monoisotopic (exact) mass is 291 g/mol. The third kappa shape index (κ3) is 2.52. The maximum atomic E-state index is 12.2. The van der Waals surface area contributed by atoms with Crippen LogP contribution in [0, 0.1) is 0 Å². The van der Waals surface area contributed by atoms with Crippen LogP contribution < -0.4 is 0 Å². The van der Waals surface area contributed by atoms with Crippen LogP contribution in [-0.4, -0.2) is 39.2 Å². The maximum Gasteiger partial charge on any atom is 0.235 e. The molecule has 86 valence electrons. The largest absolute Gasteiger partial charge is 0.338 e. The molecular weight excluding hydrogens is 274 g/mol. The Bertz CT molecular complexity index is 243. The maximum absolute atomic E-state index is 12.2. The quantitative estimate of drug-likeness (QED) is 0.693. The zero-order chi connectivity index (χ0) is 10.8. The molecule has 0 bridgehead atoms. The fourth-order valence-corrected chi connectivity index (χ4v) is 4.20. The molecule has 3 atom stereocenters. The lowest BCUT2D eigenvalue weighted by Crippen LogP contribution is -2.50. The highest BCUT2D eigenvalue weighted by Gasteiger charge is 2.34. The number of alkyl halides is 1. The number of nitrogens with zero attached hydrogens (tertiary/aromatic N) is 1. The van der Waals surface area contributed by atoms with E-state index in [2.05, 4.69) is 27.8 Å². The summed E-state index contributed by atoms with van der Waals surface area (Å²) < 4.78 is 0. The number of likely N-dealkylation sites (tertiary alicyclic amines) is 1. The Hall–Kier alpha value is 0.300. The van der Waals surface area contributed by atoms with Crippen molar-refractivity contribution in [3.05, 3.63) is 0 Å². The fourth-order valence-electron chi connectivity index (χ4n) is 2.36. The number of halogens is 1. The molecule has 0 aromatic heterocycles. The van der Waals surface area contributed by atoms with Gasteiger partial charge in [0.1, 0.15) is 0 Å². The number of amides is 1. The van der Waals surface area contributed by atoms with Crippen LogP contribution in [0.5, 0.6) is 0 Å². The smallest absolute Gasteiger partial charge is 0.235 e. The van der Waals surface area contributed by atoms with Gasteiger partial charge in [0.05, 0.1) is 5.25 Å². The molecule has 2 aliphatic rings. The highest BCUT2D eigenvalue weighted by Crippen LogP contribution is 2.31. The molecule has 2 saturated heterocycles. The van der Waals surface area contributed by atoms with E-state index in [9.17, 15) is 4.79 Å². The van der Waals surface area contributed by atoms with Crippen LogP contribution >= 0.6 is 27.7 Å². The van der Waals surface area contributed by atoms with E-state index in [0.717, 1.165) is 25.1 Å². The van der Waals surface area contributed by atoms with Gasteiger partial charge in [-0.05, 0) is 38.4 Å². The van der Waals surface area contributed by atoms with E-state index in [1.54, 1.807) is 0 Å². The highest BCUT2D eigenvalue weighted by atomic mass is 79.9.